The summed E-state index contributed by atoms with van der Waals surface area (Å²) < 4.78 is 2.56. The molecular weight excluding hydrogens is 374 g/mol. The predicted octanol–water partition coefficient (Wildman–Crippen LogP) is 3.17. The molecule has 2 aromatic rings. The molecule has 2 N–H and O–H groups in total. The number of halogens is 1. The van der Waals surface area contributed by atoms with Crippen LogP contribution >= 0.6 is 15.9 Å². The Kier molecular flexibility index (Phi) is 5.77. The van der Waals surface area contributed by atoms with Crippen molar-refractivity contribution in [2.75, 3.05) is 0 Å². The fourth-order valence-corrected chi connectivity index (χ4v) is 2.82. The van der Waals surface area contributed by atoms with Crippen LogP contribution in [-0.4, -0.2) is 32.8 Å². The highest BCUT2D eigenvalue weighted by molar-refractivity contribution is 9.10. The molecule has 0 bridgehead atoms. The van der Waals surface area contributed by atoms with Gasteiger partial charge in [0.25, 0.3) is 5.91 Å². The predicted molar refractivity (Wildman–Crippen MR) is 94.3 cm³/mol. The average Bonchev–Trinajstić information content (AvgIpc) is 2.87. The Morgan fingerprint density at radius 2 is 2.08 bits per heavy atom. The van der Waals surface area contributed by atoms with Gasteiger partial charge in [0.1, 0.15) is 6.04 Å². The van der Waals surface area contributed by atoms with E-state index in [0.717, 1.165) is 10.2 Å². The minimum absolute atomic E-state index is 0.164. The Morgan fingerprint density at radius 3 is 2.67 bits per heavy atom. The molecule has 24 heavy (non-hydrogen) atoms. The van der Waals surface area contributed by atoms with Crippen molar-refractivity contribution < 1.29 is 14.7 Å². The Labute approximate surface area is 149 Å². The van der Waals surface area contributed by atoms with E-state index in [1.54, 1.807) is 11.6 Å². The van der Waals surface area contributed by atoms with Crippen LogP contribution in [0, 0.1) is 12.8 Å². The van der Waals surface area contributed by atoms with Gasteiger partial charge in [-0.2, -0.15) is 5.10 Å². The second-order valence-corrected chi connectivity index (χ2v) is 6.94. The average molecular weight is 394 g/mol. The molecule has 2 rings (SSSR count). The van der Waals surface area contributed by atoms with Crippen molar-refractivity contribution in [3.05, 3.63) is 46.2 Å². The van der Waals surface area contributed by atoms with E-state index in [2.05, 4.69) is 26.3 Å². The maximum Gasteiger partial charge on any atom is 0.326 e. The molecule has 0 spiro atoms. The zero-order chi connectivity index (χ0) is 17.9. The lowest BCUT2D eigenvalue weighted by Gasteiger charge is -2.16. The number of carbonyl (C=O) groups is 2. The third-order valence-corrected chi connectivity index (χ3v) is 4.11. The van der Waals surface area contributed by atoms with Gasteiger partial charge in [-0.05, 0) is 37.5 Å². The molecule has 0 unspecified atom stereocenters. The highest BCUT2D eigenvalue weighted by atomic mass is 79.9. The van der Waals surface area contributed by atoms with Crippen LogP contribution in [0.2, 0.25) is 0 Å². The van der Waals surface area contributed by atoms with Gasteiger partial charge in [-0.15, -0.1) is 0 Å². The lowest BCUT2D eigenvalue weighted by Crippen LogP contribution is -2.41. The zero-order valence-electron chi connectivity index (χ0n) is 13.8. The topological polar surface area (TPSA) is 84.2 Å². The van der Waals surface area contributed by atoms with Crippen LogP contribution in [0.25, 0.3) is 5.69 Å². The highest BCUT2D eigenvalue weighted by Crippen LogP contribution is 2.18. The van der Waals surface area contributed by atoms with Crippen molar-refractivity contribution in [1.82, 2.24) is 15.1 Å². The Morgan fingerprint density at radius 1 is 1.38 bits per heavy atom. The molecule has 1 aromatic heterocycles. The van der Waals surface area contributed by atoms with Crippen LogP contribution in [0.4, 0.5) is 0 Å². The van der Waals surface area contributed by atoms with E-state index in [1.807, 2.05) is 38.1 Å². The number of nitrogens with one attached hydrogen (secondary N) is 1. The second kappa shape index (κ2) is 7.61. The molecule has 6 nitrogen and oxygen atoms in total. The number of aromatic nitrogens is 2. The molecule has 1 atom stereocenters. The Balaban J connectivity index is 2.23. The molecule has 0 saturated carbocycles. The van der Waals surface area contributed by atoms with Crippen LogP contribution in [-0.2, 0) is 4.79 Å². The minimum atomic E-state index is -1.03. The number of amides is 1. The molecule has 1 amide bonds. The van der Waals surface area contributed by atoms with Crippen molar-refractivity contribution >= 4 is 27.8 Å². The normalized spacial score (nSPS) is 12.2. The number of nitrogens with zero attached hydrogens (tertiary/aromatic N) is 2. The largest absolute Gasteiger partial charge is 0.480 e. The highest BCUT2D eigenvalue weighted by Gasteiger charge is 2.24. The Hall–Kier alpha value is -2.15. The molecular formula is C17H20BrN3O3. The van der Waals surface area contributed by atoms with Gasteiger partial charge in [-0.1, -0.05) is 35.8 Å². The summed E-state index contributed by atoms with van der Waals surface area (Å²) in [5.41, 5.74) is 1.84. The third-order valence-electron chi connectivity index (χ3n) is 3.62. The number of hydrogen-bond donors (Lipinski definition) is 2. The number of carbonyl (C=O) groups excluding carboxylic acids is 1. The van der Waals surface area contributed by atoms with E-state index < -0.39 is 17.9 Å². The SMILES string of the molecule is Cc1c(C(=O)N[C@H](CC(C)C)C(=O)O)cnn1-c1cccc(Br)c1. The maximum atomic E-state index is 12.4. The standard InChI is InChI=1S/C17H20BrN3O3/c1-10(2)7-15(17(23)24)20-16(22)14-9-19-21(11(14)3)13-6-4-5-12(18)8-13/h4-6,8-10,15H,7H2,1-3H3,(H,20,22)(H,23,24)/t15-/m1/s1. The van der Waals surface area contributed by atoms with Crippen LogP contribution in [0.1, 0.15) is 36.3 Å². The van der Waals surface area contributed by atoms with Crippen molar-refractivity contribution in [2.24, 2.45) is 5.92 Å². The molecule has 0 radical (unpaired) electrons. The molecule has 0 aliphatic heterocycles. The first-order valence-electron chi connectivity index (χ1n) is 7.63. The van der Waals surface area contributed by atoms with Crippen LogP contribution in [0.5, 0.6) is 0 Å². The van der Waals surface area contributed by atoms with Crippen LogP contribution in [0.3, 0.4) is 0 Å². The number of benzene rings is 1. The maximum absolute atomic E-state index is 12.4. The quantitative estimate of drug-likeness (QED) is 0.788. The van der Waals surface area contributed by atoms with Gasteiger partial charge in [0.15, 0.2) is 0 Å². The molecule has 1 aromatic carbocycles. The summed E-state index contributed by atoms with van der Waals surface area (Å²) >= 11 is 3.41. The molecule has 0 saturated heterocycles. The molecule has 7 heteroatoms. The lowest BCUT2D eigenvalue weighted by atomic mass is 10.0. The molecule has 0 fully saturated rings. The summed E-state index contributed by atoms with van der Waals surface area (Å²) in [6, 6.07) is 6.64. The van der Waals surface area contributed by atoms with Crippen molar-refractivity contribution in [2.45, 2.75) is 33.2 Å². The van der Waals surface area contributed by atoms with Crippen molar-refractivity contribution in [3.8, 4) is 5.69 Å². The summed E-state index contributed by atoms with van der Waals surface area (Å²) in [6.45, 7) is 5.61. The number of hydrogen-bond acceptors (Lipinski definition) is 3. The summed E-state index contributed by atoms with van der Waals surface area (Å²) in [5, 5.41) is 16.1. The minimum Gasteiger partial charge on any atom is -0.480 e. The zero-order valence-corrected chi connectivity index (χ0v) is 15.4. The molecule has 128 valence electrons. The fourth-order valence-electron chi connectivity index (χ4n) is 2.43. The molecule has 1 heterocycles. The van der Waals surface area contributed by atoms with E-state index in [4.69, 9.17) is 0 Å². The first-order valence-corrected chi connectivity index (χ1v) is 8.43. The van der Waals surface area contributed by atoms with Gasteiger partial charge in [-0.3, -0.25) is 4.79 Å². The number of rotatable bonds is 6. The van der Waals surface area contributed by atoms with E-state index >= 15 is 0 Å². The molecule has 0 aliphatic carbocycles. The first-order chi connectivity index (χ1) is 11.3. The lowest BCUT2D eigenvalue weighted by molar-refractivity contribution is -0.139. The van der Waals surface area contributed by atoms with Gasteiger partial charge >= 0.3 is 5.97 Å². The van der Waals surface area contributed by atoms with E-state index in [9.17, 15) is 14.7 Å². The monoisotopic (exact) mass is 393 g/mol. The summed E-state index contributed by atoms with van der Waals surface area (Å²) in [6.07, 6.45) is 1.83. The first kappa shape index (κ1) is 18.2. The number of aliphatic carboxylic acids is 1. The Bertz CT molecular complexity index is 755. The van der Waals surface area contributed by atoms with Gasteiger partial charge in [0.05, 0.1) is 23.1 Å². The van der Waals surface area contributed by atoms with Gasteiger partial charge in [0.2, 0.25) is 0 Å². The second-order valence-electron chi connectivity index (χ2n) is 6.03. The summed E-state index contributed by atoms with van der Waals surface area (Å²) in [4.78, 5) is 23.7. The number of carboxylic acid groups (broad SMARTS) is 1. The van der Waals surface area contributed by atoms with E-state index in [-0.39, 0.29) is 5.92 Å². The van der Waals surface area contributed by atoms with E-state index in [1.165, 1.54) is 6.20 Å². The summed E-state index contributed by atoms with van der Waals surface area (Å²) in [7, 11) is 0. The smallest absolute Gasteiger partial charge is 0.326 e. The van der Waals surface area contributed by atoms with Gasteiger partial charge < -0.3 is 10.4 Å². The van der Waals surface area contributed by atoms with Crippen LogP contribution < -0.4 is 5.32 Å². The fraction of sp³-hybridized carbons (Fsp3) is 0.353. The summed E-state index contributed by atoms with van der Waals surface area (Å²) in [5.74, 6) is -1.30. The van der Waals surface area contributed by atoms with Gasteiger partial charge in [0, 0.05) is 4.47 Å². The number of carboxylic acids is 1. The molecule has 0 aliphatic rings. The van der Waals surface area contributed by atoms with Crippen LogP contribution in [0.15, 0.2) is 34.9 Å². The van der Waals surface area contributed by atoms with E-state index in [0.29, 0.717) is 17.7 Å². The van der Waals surface area contributed by atoms with Crippen molar-refractivity contribution in [3.63, 3.8) is 0 Å². The van der Waals surface area contributed by atoms with Crippen molar-refractivity contribution in [1.29, 1.82) is 0 Å². The van der Waals surface area contributed by atoms with Gasteiger partial charge in [-0.25, -0.2) is 9.48 Å². The third kappa shape index (κ3) is 4.23.